The van der Waals surface area contributed by atoms with Crippen LogP contribution in [0.1, 0.15) is 22.4 Å². The number of halogens is 1. The number of hydrogen-bond acceptors (Lipinski definition) is 2. The average molecular weight is 374 g/mol. The van der Waals surface area contributed by atoms with Crippen LogP contribution >= 0.6 is 15.9 Å². The molecule has 0 heterocycles. The molecule has 0 aliphatic carbocycles. The number of nitrogens with zero attached hydrogens (tertiary/aromatic N) is 1. The summed E-state index contributed by atoms with van der Waals surface area (Å²) in [5.74, 6) is 0. The first-order chi connectivity index (χ1) is 11.3. The zero-order valence-corrected chi connectivity index (χ0v) is 15.0. The van der Waals surface area contributed by atoms with Crippen LogP contribution < -0.4 is 0 Å². The van der Waals surface area contributed by atoms with Gasteiger partial charge in [0.2, 0.25) is 0 Å². The van der Waals surface area contributed by atoms with Crippen LogP contribution in [0.15, 0.2) is 73.5 Å². The van der Waals surface area contributed by atoms with Crippen molar-refractivity contribution in [3.05, 3.63) is 84.6 Å². The molecule has 0 amide bonds. The summed E-state index contributed by atoms with van der Waals surface area (Å²) >= 11 is 3.81. The smallest absolute Gasteiger partial charge is 0.0999 e. The van der Waals surface area contributed by atoms with Crippen LogP contribution in [-0.2, 0) is 11.3 Å². The molecular formula is C20H24BrNO. The van der Waals surface area contributed by atoms with Crippen molar-refractivity contribution < 1.29 is 4.74 Å². The summed E-state index contributed by atoms with van der Waals surface area (Å²) in [4.78, 5) is 2.80. The van der Waals surface area contributed by atoms with Crippen LogP contribution in [0.25, 0.3) is 0 Å². The topological polar surface area (TPSA) is 12.5 Å². The fourth-order valence-electron chi connectivity index (χ4n) is 2.50. The van der Waals surface area contributed by atoms with Gasteiger partial charge in [0.1, 0.15) is 0 Å². The largest absolute Gasteiger partial charge is 0.500 e. The minimum absolute atomic E-state index is 0.377. The third-order valence-corrected chi connectivity index (χ3v) is 4.74. The molecule has 3 heteroatoms. The second kappa shape index (κ2) is 10.2. The van der Waals surface area contributed by atoms with Gasteiger partial charge in [-0.25, -0.2) is 0 Å². The van der Waals surface area contributed by atoms with Gasteiger partial charge >= 0.3 is 0 Å². The number of benzene rings is 2. The first-order valence-corrected chi connectivity index (χ1v) is 8.89. The van der Waals surface area contributed by atoms with Crippen molar-refractivity contribution in [2.45, 2.75) is 17.8 Å². The Hall–Kier alpha value is -1.58. The summed E-state index contributed by atoms with van der Waals surface area (Å²) in [5, 5.41) is 0. The average Bonchev–Trinajstić information content (AvgIpc) is 2.61. The van der Waals surface area contributed by atoms with E-state index in [-0.39, 0.29) is 0 Å². The molecule has 0 aliphatic rings. The van der Waals surface area contributed by atoms with Crippen LogP contribution in [0.3, 0.4) is 0 Å². The highest BCUT2D eigenvalue weighted by Crippen LogP contribution is 2.26. The molecule has 2 aromatic rings. The van der Waals surface area contributed by atoms with Gasteiger partial charge in [-0.2, -0.15) is 0 Å². The predicted octanol–water partition coefficient (Wildman–Crippen LogP) is 5.18. The molecule has 2 aromatic carbocycles. The number of alkyl halides is 1. The summed E-state index contributed by atoms with van der Waals surface area (Å²) in [6, 6.07) is 21.1. The summed E-state index contributed by atoms with van der Waals surface area (Å²) in [6.07, 6.45) is 2.57. The Balaban J connectivity index is 1.89. The highest BCUT2D eigenvalue weighted by atomic mass is 79.9. The normalized spacial score (nSPS) is 12.1. The quantitative estimate of drug-likeness (QED) is 0.323. The van der Waals surface area contributed by atoms with Gasteiger partial charge in [0.05, 0.1) is 12.9 Å². The van der Waals surface area contributed by atoms with Crippen molar-refractivity contribution in [2.24, 2.45) is 0 Å². The SMILES string of the molecule is C=COCCN(CC[C@H](Br)c1ccccc1)Cc1ccccc1. The van der Waals surface area contributed by atoms with Gasteiger partial charge in [-0.15, -0.1) is 0 Å². The van der Waals surface area contributed by atoms with E-state index in [2.05, 4.69) is 88.1 Å². The first kappa shape index (κ1) is 17.8. The Labute approximate surface area is 147 Å². The van der Waals surface area contributed by atoms with Gasteiger partial charge in [0.15, 0.2) is 0 Å². The molecule has 0 N–H and O–H groups in total. The summed E-state index contributed by atoms with van der Waals surface area (Å²) in [5.41, 5.74) is 2.66. The zero-order valence-electron chi connectivity index (χ0n) is 13.4. The summed E-state index contributed by atoms with van der Waals surface area (Å²) in [6.45, 7) is 7.14. The van der Waals surface area contributed by atoms with Crippen LogP contribution in [0.2, 0.25) is 0 Å². The number of hydrogen-bond donors (Lipinski definition) is 0. The molecule has 23 heavy (non-hydrogen) atoms. The zero-order chi connectivity index (χ0) is 16.3. The molecular weight excluding hydrogens is 350 g/mol. The van der Waals surface area contributed by atoms with E-state index in [0.29, 0.717) is 11.4 Å². The van der Waals surface area contributed by atoms with E-state index in [0.717, 1.165) is 26.1 Å². The fraction of sp³-hybridized carbons (Fsp3) is 0.300. The lowest BCUT2D eigenvalue weighted by Crippen LogP contribution is -2.28. The van der Waals surface area contributed by atoms with Gasteiger partial charge in [-0.05, 0) is 17.5 Å². The van der Waals surface area contributed by atoms with Crippen molar-refractivity contribution in [1.29, 1.82) is 0 Å². The standard InChI is InChI=1S/C20H24BrNO/c1-2-23-16-15-22(17-18-9-5-3-6-10-18)14-13-20(21)19-11-7-4-8-12-19/h2-12,20H,1,13-17H2/t20-/m0/s1. The molecule has 0 saturated carbocycles. The summed E-state index contributed by atoms with van der Waals surface area (Å²) < 4.78 is 5.30. The van der Waals surface area contributed by atoms with Crippen molar-refractivity contribution in [1.82, 2.24) is 4.90 Å². The number of ether oxygens (including phenoxy) is 1. The Bertz CT molecular complexity index is 558. The van der Waals surface area contributed by atoms with Crippen LogP contribution in [-0.4, -0.2) is 24.6 Å². The second-order valence-corrected chi connectivity index (χ2v) is 6.57. The van der Waals surface area contributed by atoms with Gasteiger partial charge in [-0.3, -0.25) is 4.90 Å². The van der Waals surface area contributed by atoms with E-state index < -0.39 is 0 Å². The molecule has 2 rings (SSSR count). The van der Waals surface area contributed by atoms with Crippen molar-refractivity contribution in [3.63, 3.8) is 0 Å². The van der Waals surface area contributed by atoms with E-state index in [9.17, 15) is 0 Å². The minimum Gasteiger partial charge on any atom is -0.500 e. The maximum Gasteiger partial charge on any atom is 0.0999 e. The van der Waals surface area contributed by atoms with Gasteiger partial charge in [0.25, 0.3) is 0 Å². The Morgan fingerprint density at radius 3 is 2.30 bits per heavy atom. The molecule has 2 nitrogen and oxygen atoms in total. The molecule has 0 aromatic heterocycles. The van der Waals surface area contributed by atoms with Crippen molar-refractivity contribution in [3.8, 4) is 0 Å². The molecule has 0 saturated heterocycles. The lowest BCUT2D eigenvalue weighted by atomic mass is 10.1. The van der Waals surface area contributed by atoms with Crippen molar-refractivity contribution in [2.75, 3.05) is 19.7 Å². The molecule has 0 radical (unpaired) electrons. The van der Waals surface area contributed by atoms with Gasteiger partial charge < -0.3 is 4.74 Å². The van der Waals surface area contributed by atoms with E-state index in [1.54, 1.807) is 0 Å². The fourth-order valence-corrected chi connectivity index (χ4v) is 3.01. The molecule has 122 valence electrons. The van der Waals surface area contributed by atoms with Gasteiger partial charge in [0, 0.05) is 24.5 Å². The highest BCUT2D eigenvalue weighted by molar-refractivity contribution is 9.09. The van der Waals surface area contributed by atoms with E-state index in [1.165, 1.54) is 17.4 Å². The molecule has 0 unspecified atom stereocenters. The van der Waals surface area contributed by atoms with Crippen molar-refractivity contribution >= 4 is 15.9 Å². The molecule has 0 bridgehead atoms. The van der Waals surface area contributed by atoms with Crippen LogP contribution in [0.5, 0.6) is 0 Å². The first-order valence-electron chi connectivity index (χ1n) is 7.97. The van der Waals surface area contributed by atoms with Gasteiger partial charge in [-0.1, -0.05) is 83.2 Å². The summed E-state index contributed by atoms with van der Waals surface area (Å²) in [7, 11) is 0. The van der Waals surface area contributed by atoms with E-state index in [4.69, 9.17) is 4.74 Å². The Morgan fingerprint density at radius 2 is 1.65 bits per heavy atom. The highest BCUT2D eigenvalue weighted by Gasteiger charge is 2.11. The van der Waals surface area contributed by atoms with E-state index >= 15 is 0 Å². The second-order valence-electron chi connectivity index (χ2n) is 5.47. The predicted molar refractivity (Wildman–Crippen MR) is 101 cm³/mol. The van der Waals surface area contributed by atoms with Crippen LogP contribution in [0.4, 0.5) is 0 Å². The molecule has 0 fully saturated rings. The maximum atomic E-state index is 5.30. The third-order valence-electron chi connectivity index (χ3n) is 3.75. The van der Waals surface area contributed by atoms with Crippen LogP contribution in [0, 0.1) is 0 Å². The maximum absolute atomic E-state index is 5.30. The Morgan fingerprint density at radius 1 is 1.00 bits per heavy atom. The van der Waals surface area contributed by atoms with E-state index in [1.807, 2.05) is 0 Å². The molecule has 1 atom stereocenters. The minimum atomic E-state index is 0.377. The lowest BCUT2D eigenvalue weighted by Gasteiger charge is -2.23. The monoisotopic (exact) mass is 373 g/mol. The third kappa shape index (κ3) is 6.59. The Kier molecular flexibility index (Phi) is 7.91. The lowest BCUT2D eigenvalue weighted by molar-refractivity contribution is 0.171. The number of rotatable bonds is 10. The molecule has 0 aliphatic heterocycles. The molecule has 0 spiro atoms.